The maximum absolute atomic E-state index is 11.2. The van der Waals surface area contributed by atoms with Crippen LogP contribution >= 0.6 is 0 Å². The summed E-state index contributed by atoms with van der Waals surface area (Å²) in [4.78, 5) is 13.1. The van der Waals surface area contributed by atoms with Gasteiger partial charge in [0.1, 0.15) is 0 Å². The Morgan fingerprint density at radius 3 is 1.88 bits per heavy atom. The van der Waals surface area contributed by atoms with Crippen molar-refractivity contribution in [3.05, 3.63) is 12.7 Å². The molecular formula is C15H31NO. The molecule has 1 fully saturated rings. The molecule has 0 aliphatic carbocycles. The zero-order valence-electron chi connectivity index (χ0n) is 12.7. The molecule has 1 heterocycles. The molecule has 0 radical (unpaired) electrons. The topological polar surface area (TPSA) is 20.3 Å². The molecule has 1 aliphatic rings. The summed E-state index contributed by atoms with van der Waals surface area (Å²) in [5.74, 6) is 0.0745. The summed E-state index contributed by atoms with van der Waals surface area (Å²) in [6, 6.07) is 0. The number of amides is 1. The molecule has 1 aliphatic heterocycles. The molecule has 1 amide bonds. The fourth-order valence-electron chi connectivity index (χ4n) is 1.46. The van der Waals surface area contributed by atoms with Crippen molar-refractivity contribution in [3.8, 4) is 0 Å². The van der Waals surface area contributed by atoms with Gasteiger partial charge in [-0.05, 0) is 24.3 Å². The van der Waals surface area contributed by atoms with E-state index in [4.69, 9.17) is 0 Å². The van der Waals surface area contributed by atoms with Gasteiger partial charge in [-0.1, -0.05) is 54.5 Å². The van der Waals surface area contributed by atoms with Gasteiger partial charge in [-0.15, -0.1) is 0 Å². The van der Waals surface area contributed by atoms with Gasteiger partial charge in [0.15, 0.2) is 0 Å². The number of nitrogens with zero attached hydrogens (tertiary/aromatic N) is 1. The molecule has 0 aromatic carbocycles. The summed E-state index contributed by atoms with van der Waals surface area (Å²) in [6.07, 6.45) is 4.86. The molecule has 0 bridgehead atoms. The Kier molecular flexibility index (Phi) is 11.3. The van der Waals surface area contributed by atoms with Crippen molar-refractivity contribution in [2.45, 2.75) is 60.8 Å². The van der Waals surface area contributed by atoms with Gasteiger partial charge in [0.25, 0.3) is 0 Å². The molecule has 17 heavy (non-hydrogen) atoms. The van der Waals surface area contributed by atoms with Crippen LogP contribution in [0.1, 0.15) is 60.8 Å². The lowest BCUT2D eigenvalue weighted by Gasteiger charge is -2.36. The maximum atomic E-state index is 11.2. The van der Waals surface area contributed by atoms with E-state index in [2.05, 4.69) is 34.3 Å². The summed E-state index contributed by atoms with van der Waals surface area (Å²) in [7, 11) is 0. The van der Waals surface area contributed by atoms with Gasteiger partial charge in [0.2, 0.25) is 5.91 Å². The lowest BCUT2D eigenvalue weighted by molar-refractivity contribution is -0.127. The third-order valence-corrected chi connectivity index (χ3v) is 2.60. The molecule has 1 saturated heterocycles. The van der Waals surface area contributed by atoms with E-state index in [1.165, 1.54) is 12.5 Å². The number of carbonyl (C=O) groups is 1. The highest BCUT2D eigenvalue weighted by molar-refractivity contribution is 5.87. The molecule has 2 heteroatoms. The van der Waals surface area contributed by atoms with Crippen LogP contribution < -0.4 is 0 Å². The molecule has 0 aromatic rings. The molecule has 0 unspecified atom stereocenters. The smallest absolute Gasteiger partial charge is 0.245 e. The third-order valence-electron chi connectivity index (χ3n) is 2.60. The number of rotatable bonds is 1. The van der Waals surface area contributed by atoms with Gasteiger partial charge in [0, 0.05) is 13.1 Å². The Hall–Kier alpha value is -0.790. The lowest BCUT2D eigenvalue weighted by atomic mass is 9.83. The molecule has 0 N–H and O–H groups in total. The lowest BCUT2D eigenvalue weighted by Crippen LogP contribution is -2.40. The largest absolute Gasteiger partial charge is 0.339 e. The van der Waals surface area contributed by atoms with Gasteiger partial charge in [-0.25, -0.2) is 0 Å². The molecule has 1 rings (SSSR count). The van der Waals surface area contributed by atoms with E-state index in [0.29, 0.717) is 5.41 Å². The first-order chi connectivity index (χ1) is 7.96. The Morgan fingerprint density at radius 2 is 1.59 bits per heavy atom. The first-order valence-corrected chi connectivity index (χ1v) is 6.88. The van der Waals surface area contributed by atoms with E-state index in [0.717, 1.165) is 25.9 Å². The van der Waals surface area contributed by atoms with Crippen LogP contribution in [-0.2, 0) is 4.79 Å². The minimum absolute atomic E-state index is 0.0745. The zero-order valence-corrected chi connectivity index (χ0v) is 12.7. The Morgan fingerprint density at radius 1 is 1.24 bits per heavy atom. The quantitative estimate of drug-likeness (QED) is 0.628. The standard InChI is InChI=1S/C10H17NO.C3H8.C2H6/c1-4-9(12)11-7-5-10(2,3)6-8-11;1-3-2;1-2/h4H,1,5-8H2,2-3H3;3H2,1-2H3;1-2H3. The third kappa shape index (κ3) is 8.96. The van der Waals surface area contributed by atoms with Gasteiger partial charge in [0.05, 0.1) is 0 Å². The van der Waals surface area contributed by atoms with Gasteiger partial charge >= 0.3 is 0 Å². The van der Waals surface area contributed by atoms with Crippen LogP contribution in [0.2, 0.25) is 0 Å². The highest BCUT2D eigenvalue weighted by Crippen LogP contribution is 2.29. The molecule has 0 atom stereocenters. The second-order valence-electron chi connectivity index (χ2n) is 4.90. The second-order valence-corrected chi connectivity index (χ2v) is 4.90. The van der Waals surface area contributed by atoms with Gasteiger partial charge in [-0.3, -0.25) is 4.79 Å². The summed E-state index contributed by atoms with van der Waals surface area (Å²) in [6.45, 7) is 18.0. The Labute approximate surface area is 108 Å². The highest BCUT2D eigenvalue weighted by Gasteiger charge is 2.26. The highest BCUT2D eigenvalue weighted by atomic mass is 16.2. The monoisotopic (exact) mass is 241 g/mol. The summed E-state index contributed by atoms with van der Waals surface area (Å²) < 4.78 is 0. The Balaban J connectivity index is 0. The van der Waals surface area contributed by atoms with Crippen LogP contribution in [0.15, 0.2) is 12.7 Å². The van der Waals surface area contributed by atoms with E-state index in [-0.39, 0.29) is 5.91 Å². The average Bonchev–Trinajstić information content (AvgIpc) is 2.32. The van der Waals surface area contributed by atoms with Crippen LogP contribution in [0.5, 0.6) is 0 Å². The van der Waals surface area contributed by atoms with E-state index < -0.39 is 0 Å². The minimum Gasteiger partial charge on any atom is -0.339 e. The summed E-state index contributed by atoms with van der Waals surface area (Å²) >= 11 is 0. The number of hydrogen-bond donors (Lipinski definition) is 0. The molecular weight excluding hydrogens is 210 g/mol. The van der Waals surface area contributed by atoms with E-state index in [1.807, 2.05) is 18.7 Å². The van der Waals surface area contributed by atoms with Crippen LogP contribution in [-0.4, -0.2) is 23.9 Å². The molecule has 102 valence electrons. The fourth-order valence-corrected chi connectivity index (χ4v) is 1.46. The molecule has 2 nitrogen and oxygen atoms in total. The average molecular weight is 241 g/mol. The maximum Gasteiger partial charge on any atom is 0.245 e. The van der Waals surface area contributed by atoms with Crippen LogP contribution in [0, 0.1) is 5.41 Å². The predicted octanol–water partition coefficient (Wildman–Crippen LogP) is 4.26. The SMILES string of the molecule is C=CC(=O)N1CCC(C)(C)CC1.CC.CCC. The number of likely N-dealkylation sites (tertiary alicyclic amines) is 1. The predicted molar refractivity (Wildman–Crippen MR) is 77.1 cm³/mol. The van der Waals surface area contributed by atoms with Crippen LogP contribution in [0.3, 0.4) is 0 Å². The number of piperidine rings is 1. The first-order valence-electron chi connectivity index (χ1n) is 6.88. The summed E-state index contributed by atoms with van der Waals surface area (Å²) in [5.41, 5.74) is 0.415. The minimum atomic E-state index is 0.0745. The van der Waals surface area contributed by atoms with Crippen molar-refractivity contribution < 1.29 is 4.79 Å². The van der Waals surface area contributed by atoms with E-state index >= 15 is 0 Å². The van der Waals surface area contributed by atoms with Crippen LogP contribution in [0.25, 0.3) is 0 Å². The summed E-state index contributed by atoms with van der Waals surface area (Å²) in [5, 5.41) is 0. The van der Waals surface area contributed by atoms with E-state index in [9.17, 15) is 4.79 Å². The van der Waals surface area contributed by atoms with Crippen molar-refractivity contribution in [1.82, 2.24) is 4.90 Å². The fraction of sp³-hybridized carbons (Fsp3) is 0.800. The van der Waals surface area contributed by atoms with Crippen molar-refractivity contribution in [3.63, 3.8) is 0 Å². The van der Waals surface area contributed by atoms with Crippen molar-refractivity contribution in [2.75, 3.05) is 13.1 Å². The van der Waals surface area contributed by atoms with Crippen molar-refractivity contribution in [2.24, 2.45) is 5.41 Å². The molecule has 0 saturated carbocycles. The van der Waals surface area contributed by atoms with Crippen molar-refractivity contribution >= 4 is 5.91 Å². The van der Waals surface area contributed by atoms with E-state index in [1.54, 1.807) is 0 Å². The normalized spacial score (nSPS) is 16.9. The zero-order chi connectivity index (χ0) is 13.9. The van der Waals surface area contributed by atoms with Gasteiger partial charge < -0.3 is 4.90 Å². The van der Waals surface area contributed by atoms with Crippen molar-refractivity contribution in [1.29, 1.82) is 0 Å². The molecule has 0 spiro atoms. The number of carbonyl (C=O) groups excluding carboxylic acids is 1. The Bertz CT molecular complexity index is 199. The number of hydrogen-bond acceptors (Lipinski definition) is 1. The first kappa shape index (κ1) is 18.6. The van der Waals surface area contributed by atoms with Gasteiger partial charge in [-0.2, -0.15) is 0 Å². The molecule has 0 aromatic heterocycles. The second kappa shape index (κ2) is 10.4. The van der Waals surface area contributed by atoms with Crippen LogP contribution in [0.4, 0.5) is 0 Å².